The molecule has 2 fully saturated rings. The number of hydrogen-bond acceptors (Lipinski definition) is 5. The Balaban J connectivity index is 1.28. The molecule has 2 aromatic rings. The average Bonchev–Trinajstić information content (AvgIpc) is 3.54. The van der Waals surface area contributed by atoms with E-state index in [-0.39, 0.29) is 0 Å². The fourth-order valence-corrected chi connectivity index (χ4v) is 4.01. The maximum absolute atomic E-state index is 6.04. The van der Waals surface area contributed by atoms with Gasteiger partial charge in [0.05, 0.1) is 18.4 Å². The largest absolute Gasteiger partial charge is 0.487 e. The second kappa shape index (κ2) is 9.03. The van der Waals surface area contributed by atoms with E-state index < -0.39 is 0 Å². The van der Waals surface area contributed by atoms with E-state index in [2.05, 4.69) is 41.2 Å². The van der Waals surface area contributed by atoms with Crippen LogP contribution in [0.3, 0.4) is 0 Å². The topological polar surface area (TPSA) is 46.6 Å². The van der Waals surface area contributed by atoms with Gasteiger partial charge in [-0.05, 0) is 55.5 Å². The van der Waals surface area contributed by atoms with Crippen molar-refractivity contribution in [3.8, 4) is 5.75 Å². The van der Waals surface area contributed by atoms with Gasteiger partial charge in [-0.25, -0.2) is 0 Å². The van der Waals surface area contributed by atoms with Crippen LogP contribution in [0.5, 0.6) is 5.75 Å². The van der Waals surface area contributed by atoms with Gasteiger partial charge in [-0.1, -0.05) is 18.2 Å². The molecule has 1 unspecified atom stereocenters. The van der Waals surface area contributed by atoms with Crippen LogP contribution in [0.1, 0.15) is 35.2 Å². The lowest BCUT2D eigenvalue weighted by molar-refractivity contribution is -0.0301. The molecule has 1 aromatic carbocycles. The number of aromatic nitrogens is 1. The Hall–Kier alpha value is -1.95. The van der Waals surface area contributed by atoms with E-state index in [4.69, 9.17) is 9.47 Å². The zero-order valence-electron chi connectivity index (χ0n) is 17.0. The van der Waals surface area contributed by atoms with Crippen molar-refractivity contribution in [2.24, 2.45) is 0 Å². The Kier molecular flexibility index (Phi) is 6.25. The van der Waals surface area contributed by atoms with E-state index in [1.165, 1.54) is 29.5 Å². The van der Waals surface area contributed by atoms with Gasteiger partial charge in [0, 0.05) is 38.4 Å². The van der Waals surface area contributed by atoms with Crippen molar-refractivity contribution in [2.75, 3.05) is 26.2 Å². The predicted molar refractivity (Wildman–Crippen MR) is 111 cm³/mol. The van der Waals surface area contributed by atoms with Crippen molar-refractivity contribution in [1.82, 2.24) is 15.2 Å². The summed E-state index contributed by atoms with van der Waals surface area (Å²) in [7, 11) is 0. The molecule has 2 aliphatic rings. The maximum Gasteiger partial charge on any atom is 0.130 e. The Morgan fingerprint density at radius 3 is 2.75 bits per heavy atom. The Labute approximate surface area is 168 Å². The van der Waals surface area contributed by atoms with Crippen LogP contribution < -0.4 is 10.1 Å². The molecule has 1 saturated heterocycles. The van der Waals surface area contributed by atoms with Gasteiger partial charge in [-0.15, -0.1) is 0 Å². The van der Waals surface area contributed by atoms with Crippen LogP contribution in [0.15, 0.2) is 36.5 Å². The summed E-state index contributed by atoms with van der Waals surface area (Å²) < 4.78 is 12.0. The summed E-state index contributed by atoms with van der Waals surface area (Å²) in [6.07, 6.45) is 4.84. The monoisotopic (exact) mass is 381 g/mol. The van der Waals surface area contributed by atoms with Crippen LogP contribution in [0, 0.1) is 13.8 Å². The molecule has 0 radical (unpaired) electrons. The zero-order chi connectivity index (χ0) is 19.3. The molecule has 5 heteroatoms. The highest BCUT2D eigenvalue weighted by Gasteiger charge is 2.32. The lowest BCUT2D eigenvalue weighted by atomic mass is 10.1. The van der Waals surface area contributed by atoms with Crippen LogP contribution in [0.2, 0.25) is 0 Å². The minimum Gasteiger partial charge on any atom is -0.487 e. The number of ether oxygens (including phenoxy) is 2. The Bertz CT molecular complexity index is 754. The highest BCUT2D eigenvalue weighted by molar-refractivity contribution is 5.43. The number of morpholine rings is 1. The van der Waals surface area contributed by atoms with E-state index in [1.54, 1.807) is 6.20 Å². The third-order valence-corrected chi connectivity index (χ3v) is 5.55. The van der Waals surface area contributed by atoms with Crippen LogP contribution in [-0.4, -0.2) is 48.3 Å². The van der Waals surface area contributed by atoms with Gasteiger partial charge in [-0.2, -0.15) is 0 Å². The molecule has 2 heterocycles. The predicted octanol–water partition coefficient (Wildman–Crippen LogP) is 3.23. The summed E-state index contributed by atoms with van der Waals surface area (Å²) in [5, 5.41) is 3.58. The summed E-state index contributed by atoms with van der Waals surface area (Å²) in [6, 6.07) is 11.2. The molecule has 1 N–H and O–H groups in total. The van der Waals surface area contributed by atoms with Crippen LogP contribution in [-0.2, 0) is 17.9 Å². The quantitative estimate of drug-likeness (QED) is 0.761. The number of hydrogen-bond donors (Lipinski definition) is 1. The molecule has 5 nitrogen and oxygen atoms in total. The van der Waals surface area contributed by atoms with Gasteiger partial charge in [0.25, 0.3) is 0 Å². The summed E-state index contributed by atoms with van der Waals surface area (Å²) in [6.45, 7) is 9.50. The summed E-state index contributed by atoms with van der Waals surface area (Å²) >= 11 is 0. The fourth-order valence-electron chi connectivity index (χ4n) is 4.01. The number of benzene rings is 1. The van der Waals surface area contributed by atoms with Crippen molar-refractivity contribution in [2.45, 2.75) is 52.0 Å². The van der Waals surface area contributed by atoms with E-state index in [9.17, 15) is 0 Å². The normalized spacial score (nSPS) is 20.3. The number of pyridine rings is 1. The first kappa shape index (κ1) is 19.4. The number of aryl methyl sites for hydroxylation is 2. The van der Waals surface area contributed by atoms with Crippen LogP contribution >= 0.6 is 0 Å². The Morgan fingerprint density at radius 2 is 2.04 bits per heavy atom. The van der Waals surface area contributed by atoms with Crippen LogP contribution in [0.4, 0.5) is 0 Å². The molecule has 1 aliphatic carbocycles. The van der Waals surface area contributed by atoms with Gasteiger partial charge in [-0.3, -0.25) is 9.88 Å². The summed E-state index contributed by atoms with van der Waals surface area (Å²) in [4.78, 5) is 6.92. The molecule has 4 rings (SSSR count). The van der Waals surface area contributed by atoms with Crippen molar-refractivity contribution < 1.29 is 9.47 Å². The molecule has 0 amide bonds. The highest BCUT2D eigenvalue weighted by atomic mass is 16.5. The zero-order valence-corrected chi connectivity index (χ0v) is 17.0. The lowest BCUT2D eigenvalue weighted by Gasteiger charge is -2.33. The first-order chi connectivity index (χ1) is 13.7. The van der Waals surface area contributed by atoms with Crippen molar-refractivity contribution in [3.05, 3.63) is 58.9 Å². The average molecular weight is 382 g/mol. The van der Waals surface area contributed by atoms with Gasteiger partial charge in [0.2, 0.25) is 0 Å². The molecule has 1 saturated carbocycles. The molecule has 0 bridgehead atoms. The molecular formula is C23H31N3O2. The second-order valence-electron chi connectivity index (χ2n) is 8.02. The molecule has 28 heavy (non-hydrogen) atoms. The van der Waals surface area contributed by atoms with E-state index >= 15 is 0 Å². The minimum absolute atomic E-state index is 0.303. The van der Waals surface area contributed by atoms with Gasteiger partial charge < -0.3 is 14.8 Å². The minimum atomic E-state index is 0.303. The number of nitrogens with one attached hydrogen (secondary N) is 1. The van der Waals surface area contributed by atoms with E-state index in [1.807, 2.05) is 18.2 Å². The standard InChI is InChI=1S/C23H31N3O2/c1-17-11-19(12-18(2)23(17)28-16-20-5-3-4-8-25-20)13-24-14-22-15-26(9-10-27-22)21-6-7-21/h3-5,8,11-12,21-22,24H,6-7,9-10,13-16H2,1-2H3. The van der Waals surface area contributed by atoms with Crippen LogP contribution in [0.25, 0.3) is 0 Å². The third kappa shape index (κ3) is 5.10. The number of nitrogens with zero attached hydrogens (tertiary/aromatic N) is 2. The summed E-state index contributed by atoms with van der Waals surface area (Å²) in [5.74, 6) is 0.963. The fraction of sp³-hybridized carbons (Fsp3) is 0.522. The highest BCUT2D eigenvalue weighted by Crippen LogP contribution is 2.28. The SMILES string of the molecule is Cc1cc(CNCC2CN(C3CC3)CCO2)cc(C)c1OCc1ccccn1. The molecule has 0 spiro atoms. The Morgan fingerprint density at radius 1 is 1.21 bits per heavy atom. The second-order valence-corrected chi connectivity index (χ2v) is 8.02. The van der Waals surface area contributed by atoms with Crippen molar-refractivity contribution in [3.63, 3.8) is 0 Å². The smallest absolute Gasteiger partial charge is 0.130 e. The molecule has 150 valence electrons. The van der Waals surface area contributed by atoms with Gasteiger partial charge in [0.15, 0.2) is 0 Å². The summed E-state index contributed by atoms with van der Waals surface area (Å²) in [5.41, 5.74) is 4.57. The third-order valence-electron chi connectivity index (χ3n) is 5.55. The number of rotatable bonds is 8. The van der Waals surface area contributed by atoms with Crippen molar-refractivity contribution in [1.29, 1.82) is 0 Å². The molecule has 1 atom stereocenters. The van der Waals surface area contributed by atoms with E-state index in [0.717, 1.165) is 50.3 Å². The molecule has 1 aromatic heterocycles. The maximum atomic E-state index is 6.04. The first-order valence-corrected chi connectivity index (χ1v) is 10.4. The van der Waals surface area contributed by atoms with Gasteiger partial charge in [0.1, 0.15) is 12.4 Å². The lowest BCUT2D eigenvalue weighted by Crippen LogP contribution is -2.47. The first-order valence-electron chi connectivity index (χ1n) is 10.4. The van der Waals surface area contributed by atoms with Gasteiger partial charge >= 0.3 is 0 Å². The molecule has 1 aliphatic heterocycles. The van der Waals surface area contributed by atoms with Crippen molar-refractivity contribution >= 4 is 0 Å². The molecular weight excluding hydrogens is 350 g/mol. The van der Waals surface area contributed by atoms with E-state index in [0.29, 0.717) is 12.7 Å².